The summed E-state index contributed by atoms with van der Waals surface area (Å²) in [5, 5.41) is 0. The van der Waals surface area contributed by atoms with Crippen molar-refractivity contribution in [3.8, 4) is 5.75 Å². The van der Waals surface area contributed by atoms with Crippen LogP contribution in [0.1, 0.15) is 12.5 Å². The Morgan fingerprint density at radius 2 is 1.74 bits per heavy atom. The number of amides is 1. The number of benzene rings is 2. The third-order valence-corrected chi connectivity index (χ3v) is 3.92. The number of para-hydroxylation sites is 2. The fourth-order valence-corrected chi connectivity index (χ4v) is 2.66. The molecular weight excluding hydrogens is 350 g/mol. The van der Waals surface area contributed by atoms with Gasteiger partial charge in [-0.05, 0) is 24.6 Å². The second kappa shape index (κ2) is 8.35. The molecule has 0 spiro atoms. The summed E-state index contributed by atoms with van der Waals surface area (Å²) in [5.74, 6) is -1.72. The number of ether oxygens (including phenoxy) is 3. The van der Waals surface area contributed by atoms with Crippen molar-refractivity contribution in [1.29, 1.82) is 0 Å². The van der Waals surface area contributed by atoms with Crippen molar-refractivity contribution in [3.63, 3.8) is 0 Å². The summed E-state index contributed by atoms with van der Waals surface area (Å²) in [6.45, 7) is 1.52. The zero-order valence-corrected chi connectivity index (χ0v) is 14.8. The van der Waals surface area contributed by atoms with Gasteiger partial charge in [0.1, 0.15) is 18.9 Å². The van der Waals surface area contributed by atoms with Crippen LogP contribution in [0.5, 0.6) is 5.75 Å². The summed E-state index contributed by atoms with van der Waals surface area (Å²) in [6.07, 6.45) is -1.44. The summed E-state index contributed by atoms with van der Waals surface area (Å²) < 4.78 is 15.6. The molecule has 3 rings (SSSR count). The number of fused-ring (bicyclic) bond motifs is 1. The van der Waals surface area contributed by atoms with Crippen LogP contribution < -0.4 is 9.64 Å². The van der Waals surface area contributed by atoms with Crippen LogP contribution in [0.25, 0.3) is 0 Å². The van der Waals surface area contributed by atoms with Crippen molar-refractivity contribution >= 4 is 23.5 Å². The van der Waals surface area contributed by atoms with Gasteiger partial charge in [0.2, 0.25) is 0 Å². The first-order chi connectivity index (χ1) is 13.1. The van der Waals surface area contributed by atoms with Crippen LogP contribution in [-0.2, 0) is 30.5 Å². The lowest BCUT2D eigenvalue weighted by atomic mass is 10.1. The van der Waals surface area contributed by atoms with Crippen molar-refractivity contribution in [2.24, 2.45) is 0 Å². The number of carbonyl (C=O) groups is 3. The highest BCUT2D eigenvalue weighted by Gasteiger charge is 2.41. The first-order valence-electron chi connectivity index (χ1n) is 8.53. The number of hydrogen-bond acceptors (Lipinski definition) is 6. The monoisotopic (exact) mass is 369 g/mol. The Bertz CT molecular complexity index is 835. The van der Waals surface area contributed by atoms with Crippen LogP contribution in [0.4, 0.5) is 5.69 Å². The van der Waals surface area contributed by atoms with E-state index in [1.807, 2.05) is 30.3 Å². The Labute approximate surface area is 156 Å². The molecule has 0 radical (unpaired) electrons. The first-order valence-corrected chi connectivity index (χ1v) is 8.53. The van der Waals surface area contributed by atoms with Crippen molar-refractivity contribution < 1.29 is 28.6 Å². The van der Waals surface area contributed by atoms with Gasteiger partial charge in [0.25, 0.3) is 12.0 Å². The van der Waals surface area contributed by atoms with E-state index in [9.17, 15) is 14.4 Å². The van der Waals surface area contributed by atoms with Gasteiger partial charge in [-0.1, -0.05) is 42.5 Å². The highest BCUT2D eigenvalue weighted by Crippen LogP contribution is 2.33. The zero-order chi connectivity index (χ0) is 19.2. The zero-order valence-electron chi connectivity index (χ0n) is 14.8. The topological polar surface area (TPSA) is 82.1 Å². The average Bonchev–Trinajstić information content (AvgIpc) is 2.69. The molecule has 1 aliphatic heterocycles. The molecule has 140 valence electrons. The van der Waals surface area contributed by atoms with Gasteiger partial charge in [0.15, 0.2) is 0 Å². The van der Waals surface area contributed by atoms with E-state index in [4.69, 9.17) is 14.2 Å². The fourth-order valence-electron chi connectivity index (χ4n) is 2.66. The Kier molecular flexibility index (Phi) is 5.71. The molecule has 7 nitrogen and oxygen atoms in total. The predicted molar refractivity (Wildman–Crippen MR) is 96.1 cm³/mol. The molecule has 0 aromatic heterocycles. The van der Waals surface area contributed by atoms with E-state index in [1.54, 1.807) is 31.2 Å². The second-order valence-electron chi connectivity index (χ2n) is 5.79. The minimum absolute atomic E-state index is 0.0984. The van der Waals surface area contributed by atoms with Crippen LogP contribution >= 0.6 is 0 Å². The molecule has 1 heterocycles. The quantitative estimate of drug-likeness (QED) is 0.573. The van der Waals surface area contributed by atoms with E-state index >= 15 is 0 Å². The minimum atomic E-state index is -1.44. The Morgan fingerprint density at radius 1 is 1.04 bits per heavy atom. The SMILES string of the molecule is CCOC(=O)C1Oc2ccccc2N(CC(=O)OCc2ccccc2)C1=O. The van der Waals surface area contributed by atoms with E-state index in [0.717, 1.165) is 5.56 Å². The van der Waals surface area contributed by atoms with Gasteiger partial charge < -0.3 is 14.2 Å². The molecule has 0 saturated carbocycles. The Balaban J connectivity index is 1.74. The maximum Gasteiger partial charge on any atom is 0.357 e. The summed E-state index contributed by atoms with van der Waals surface area (Å²) in [4.78, 5) is 38.2. The first kappa shape index (κ1) is 18.4. The molecule has 2 aromatic carbocycles. The van der Waals surface area contributed by atoms with Crippen molar-refractivity contribution in [1.82, 2.24) is 0 Å². The molecule has 27 heavy (non-hydrogen) atoms. The van der Waals surface area contributed by atoms with Gasteiger partial charge in [-0.25, -0.2) is 4.79 Å². The summed E-state index contributed by atoms with van der Waals surface area (Å²) in [5.41, 5.74) is 1.24. The van der Waals surface area contributed by atoms with Gasteiger partial charge in [-0.3, -0.25) is 14.5 Å². The largest absolute Gasteiger partial charge is 0.466 e. The number of anilines is 1. The number of rotatable bonds is 6. The van der Waals surface area contributed by atoms with Crippen LogP contribution in [0.15, 0.2) is 54.6 Å². The Hall–Kier alpha value is -3.35. The molecule has 1 amide bonds. The van der Waals surface area contributed by atoms with Crippen LogP contribution in [-0.4, -0.2) is 37.1 Å². The molecule has 1 atom stereocenters. The lowest BCUT2D eigenvalue weighted by Crippen LogP contribution is -2.52. The summed E-state index contributed by atoms with van der Waals surface area (Å²) >= 11 is 0. The Morgan fingerprint density at radius 3 is 2.48 bits per heavy atom. The van der Waals surface area contributed by atoms with E-state index in [0.29, 0.717) is 11.4 Å². The van der Waals surface area contributed by atoms with Crippen LogP contribution in [0.3, 0.4) is 0 Å². The van der Waals surface area contributed by atoms with Gasteiger partial charge in [-0.15, -0.1) is 0 Å². The van der Waals surface area contributed by atoms with Gasteiger partial charge >= 0.3 is 11.9 Å². The lowest BCUT2D eigenvalue weighted by Gasteiger charge is -2.32. The number of nitrogens with zero attached hydrogens (tertiary/aromatic N) is 1. The van der Waals surface area contributed by atoms with Crippen molar-refractivity contribution in [3.05, 3.63) is 60.2 Å². The van der Waals surface area contributed by atoms with E-state index in [-0.39, 0.29) is 19.8 Å². The molecule has 1 aliphatic rings. The summed E-state index contributed by atoms with van der Waals surface area (Å²) in [6, 6.07) is 15.9. The molecule has 0 N–H and O–H groups in total. The molecule has 0 bridgehead atoms. The van der Waals surface area contributed by atoms with Crippen LogP contribution in [0.2, 0.25) is 0 Å². The highest BCUT2D eigenvalue weighted by molar-refractivity contribution is 6.12. The molecule has 2 aromatic rings. The molecule has 0 fully saturated rings. The third-order valence-electron chi connectivity index (χ3n) is 3.92. The van der Waals surface area contributed by atoms with Gasteiger partial charge in [0, 0.05) is 0 Å². The number of esters is 2. The van der Waals surface area contributed by atoms with Gasteiger partial charge in [-0.2, -0.15) is 0 Å². The maximum absolute atomic E-state index is 12.7. The third kappa shape index (κ3) is 4.25. The molecule has 1 unspecified atom stereocenters. The molecule has 0 saturated heterocycles. The maximum atomic E-state index is 12.7. The van der Waals surface area contributed by atoms with Crippen molar-refractivity contribution in [2.75, 3.05) is 18.1 Å². The van der Waals surface area contributed by atoms with E-state index < -0.39 is 23.9 Å². The normalized spacial score (nSPS) is 15.5. The van der Waals surface area contributed by atoms with E-state index in [1.165, 1.54) is 4.90 Å². The average molecular weight is 369 g/mol. The second-order valence-corrected chi connectivity index (χ2v) is 5.79. The number of carbonyl (C=O) groups excluding carboxylic acids is 3. The molecule has 0 aliphatic carbocycles. The smallest absolute Gasteiger partial charge is 0.357 e. The molecular formula is C20H19NO6. The fraction of sp³-hybridized carbons (Fsp3) is 0.250. The standard InChI is InChI=1S/C20H19NO6/c1-2-25-20(24)18-19(23)21(15-10-6-7-11-16(15)27-18)12-17(22)26-13-14-8-4-3-5-9-14/h3-11,18H,2,12-13H2,1H3. The predicted octanol–water partition coefficient (Wildman–Crippen LogP) is 2.09. The van der Waals surface area contributed by atoms with E-state index in [2.05, 4.69) is 0 Å². The van der Waals surface area contributed by atoms with Gasteiger partial charge in [0.05, 0.1) is 12.3 Å². The summed E-state index contributed by atoms with van der Waals surface area (Å²) in [7, 11) is 0. The number of hydrogen-bond donors (Lipinski definition) is 0. The van der Waals surface area contributed by atoms with Crippen LogP contribution in [0, 0.1) is 0 Å². The van der Waals surface area contributed by atoms with Crippen molar-refractivity contribution in [2.45, 2.75) is 19.6 Å². The lowest BCUT2D eigenvalue weighted by molar-refractivity contribution is -0.157. The highest BCUT2D eigenvalue weighted by atomic mass is 16.6. The minimum Gasteiger partial charge on any atom is -0.466 e. The molecule has 7 heteroatoms.